The van der Waals surface area contributed by atoms with Gasteiger partial charge in [-0.25, -0.2) is 9.59 Å². The Kier molecular flexibility index (Phi) is 13.5. The van der Waals surface area contributed by atoms with Crippen LogP contribution in [0.25, 0.3) is 0 Å². The molecule has 0 atom stereocenters. The van der Waals surface area contributed by atoms with Gasteiger partial charge in [0.2, 0.25) is 23.0 Å². The van der Waals surface area contributed by atoms with E-state index in [-0.39, 0.29) is 68.8 Å². The lowest BCUT2D eigenvalue weighted by molar-refractivity contribution is 0.0596. The molecule has 0 bridgehead atoms. The molecule has 0 saturated heterocycles. The van der Waals surface area contributed by atoms with E-state index in [9.17, 15) is 9.59 Å². The fraction of sp³-hybridized carbons (Fsp3) is 0.429. The molecule has 0 fully saturated rings. The van der Waals surface area contributed by atoms with Crippen molar-refractivity contribution in [2.75, 3.05) is 56.9 Å². The van der Waals surface area contributed by atoms with Crippen molar-refractivity contribution in [3.63, 3.8) is 0 Å². The van der Waals surface area contributed by atoms with Gasteiger partial charge in [0.05, 0.1) is 72.6 Å². The summed E-state index contributed by atoms with van der Waals surface area (Å²) in [5.41, 5.74) is 0.701. The van der Waals surface area contributed by atoms with E-state index in [1.54, 1.807) is 12.1 Å². The Morgan fingerprint density at radius 1 is 0.600 bits per heavy atom. The average Bonchev–Trinajstić information content (AvgIpc) is 3.08. The molecule has 274 valence electrons. The van der Waals surface area contributed by atoms with E-state index in [4.69, 9.17) is 51.8 Å². The summed E-state index contributed by atoms with van der Waals surface area (Å²) in [6.45, 7) is 10.8. The van der Waals surface area contributed by atoms with Gasteiger partial charge in [-0.2, -0.15) is 0 Å². The maximum absolute atomic E-state index is 13.9. The van der Waals surface area contributed by atoms with E-state index in [2.05, 4.69) is 33.9 Å². The van der Waals surface area contributed by atoms with Crippen LogP contribution in [-0.2, 0) is 15.8 Å². The van der Waals surface area contributed by atoms with Crippen molar-refractivity contribution in [3.8, 4) is 57.5 Å². The second kappa shape index (κ2) is 16.7. The number of hydrogen-bond donors (Lipinski definition) is 0. The molecule has 3 rings (SSSR count). The van der Waals surface area contributed by atoms with E-state index in [0.29, 0.717) is 20.6 Å². The number of rotatable bonds is 15. The van der Waals surface area contributed by atoms with Gasteiger partial charge in [0.1, 0.15) is 5.56 Å². The minimum atomic E-state index is -2.24. The Morgan fingerprint density at radius 2 is 1.10 bits per heavy atom. The Balaban J connectivity index is 2.30. The second-order valence-electron chi connectivity index (χ2n) is 12.2. The van der Waals surface area contributed by atoms with Crippen LogP contribution < -0.4 is 42.6 Å². The lowest BCUT2D eigenvalue weighted by Crippen LogP contribution is -2.40. The van der Waals surface area contributed by atoms with E-state index >= 15 is 0 Å². The minimum Gasteiger partial charge on any atom is -0.493 e. The molecule has 0 radical (unpaired) electrons. The molecule has 15 heteroatoms. The fourth-order valence-corrected chi connectivity index (χ4v) is 6.38. The zero-order valence-electron chi connectivity index (χ0n) is 30.7. The zero-order chi connectivity index (χ0) is 37.6. The summed E-state index contributed by atoms with van der Waals surface area (Å²) < 4.78 is 63.4. The average molecular weight is 829 g/mol. The van der Waals surface area contributed by atoms with Crippen LogP contribution in [-0.4, -0.2) is 77.1 Å². The number of ether oxygens (including phenoxy) is 10. The smallest absolute Gasteiger partial charge is 0.345 e. The molecule has 0 saturated carbocycles. The third-order valence-electron chi connectivity index (χ3n) is 8.28. The van der Waals surface area contributed by atoms with Gasteiger partial charge in [-0.05, 0) is 64.5 Å². The highest BCUT2D eigenvalue weighted by molar-refractivity contribution is 14.1. The van der Waals surface area contributed by atoms with Crippen molar-refractivity contribution in [1.29, 1.82) is 0 Å². The molecule has 0 spiro atoms. The van der Waals surface area contributed by atoms with E-state index in [1.807, 2.05) is 22.6 Å². The Hall–Kier alpha value is -4.09. The Morgan fingerprint density at radius 3 is 1.58 bits per heavy atom. The summed E-state index contributed by atoms with van der Waals surface area (Å²) in [7, 11) is 8.98. The summed E-state index contributed by atoms with van der Waals surface area (Å²) in [6, 6.07) is 6.21. The standard InChI is InChI=1S/C35H45IO13Si/c1-35(2,3)50(12,13)47-18-19-14-24(48-27-21(33(37)46-11)17-23(40-5)30(43-8)32(27)45-10)28(41-6)25(15-19)49-34(38)20-16-22(39-4)29(42-7)31(44-9)26(20)36/h14-17H,18H2,1-13H3. The summed E-state index contributed by atoms with van der Waals surface area (Å²) in [4.78, 5) is 26.9. The maximum atomic E-state index is 13.9. The first-order valence-electron chi connectivity index (χ1n) is 15.2. The third-order valence-corrected chi connectivity index (χ3v) is 13.8. The van der Waals surface area contributed by atoms with Gasteiger partial charge in [-0.3, -0.25) is 0 Å². The number of carbonyl (C=O) groups excluding carboxylic acids is 2. The predicted molar refractivity (Wildman–Crippen MR) is 196 cm³/mol. The van der Waals surface area contributed by atoms with Crippen LogP contribution in [0.5, 0.6) is 57.5 Å². The van der Waals surface area contributed by atoms with Crippen LogP contribution in [0.4, 0.5) is 0 Å². The quantitative estimate of drug-likeness (QED) is 0.0642. The zero-order valence-corrected chi connectivity index (χ0v) is 33.9. The van der Waals surface area contributed by atoms with Gasteiger partial charge < -0.3 is 51.8 Å². The third kappa shape index (κ3) is 8.26. The topological polar surface area (TPSA) is 136 Å². The highest BCUT2D eigenvalue weighted by Crippen LogP contribution is 2.51. The predicted octanol–water partition coefficient (Wildman–Crippen LogP) is 7.67. The Labute approximate surface area is 307 Å². The van der Waals surface area contributed by atoms with E-state index in [1.165, 1.54) is 69.0 Å². The number of halogens is 1. The van der Waals surface area contributed by atoms with Crippen molar-refractivity contribution in [2.24, 2.45) is 0 Å². The number of methoxy groups -OCH3 is 8. The SMILES string of the molecule is COC(=O)c1cc(OC)c(OC)c(OC)c1Oc1cc(CO[Si](C)(C)C(C)(C)C)cc(OC(=O)c2cc(OC)c(OC)c(OC)c2I)c1OC. The molecule has 0 aliphatic carbocycles. The van der Waals surface area contributed by atoms with Gasteiger partial charge in [0.15, 0.2) is 42.8 Å². The molecular weight excluding hydrogens is 783 g/mol. The van der Waals surface area contributed by atoms with Gasteiger partial charge in [0.25, 0.3) is 0 Å². The Bertz CT molecular complexity index is 1720. The van der Waals surface area contributed by atoms with Crippen LogP contribution in [0.15, 0.2) is 24.3 Å². The van der Waals surface area contributed by atoms with E-state index in [0.717, 1.165) is 0 Å². The summed E-state index contributed by atoms with van der Waals surface area (Å²) >= 11 is 1.98. The molecule has 13 nitrogen and oxygen atoms in total. The van der Waals surface area contributed by atoms with Crippen molar-refractivity contribution >= 4 is 42.8 Å². The monoisotopic (exact) mass is 828 g/mol. The van der Waals surface area contributed by atoms with Crippen molar-refractivity contribution < 1.29 is 61.4 Å². The molecule has 50 heavy (non-hydrogen) atoms. The highest BCUT2D eigenvalue weighted by Gasteiger charge is 2.37. The van der Waals surface area contributed by atoms with Gasteiger partial charge >= 0.3 is 11.9 Å². The molecule has 0 heterocycles. The largest absolute Gasteiger partial charge is 0.493 e. The molecule has 0 aliphatic heterocycles. The van der Waals surface area contributed by atoms with Crippen molar-refractivity contribution in [1.82, 2.24) is 0 Å². The van der Waals surface area contributed by atoms with Crippen LogP contribution in [0.1, 0.15) is 47.1 Å². The molecule has 3 aromatic carbocycles. The second-order valence-corrected chi connectivity index (χ2v) is 18.1. The molecule has 0 N–H and O–H groups in total. The maximum Gasteiger partial charge on any atom is 0.345 e. The van der Waals surface area contributed by atoms with Gasteiger partial charge in [-0.1, -0.05) is 20.8 Å². The first kappa shape index (κ1) is 40.3. The van der Waals surface area contributed by atoms with Crippen LogP contribution in [0.2, 0.25) is 18.1 Å². The first-order valence-corrected chi connectivity index (χ1v) is 19.2. The van der Waals surface area contributed by atoms with Crippen molar-refractivity contribution in [2.45, 2.75) is 45.5 Å². The van der Waals surface area contributed by atoms with Crippen molar-refractivity contribution in [3.05, 3.63) is 44.5 Å². The molecule has 0 unspecified atom stereocenters. The first-order chi connectivity index (χ1) is 23.6. The van der Waals surface area contributed by atoms with E-state index < -0.39 is 20.3 Å². The summed E-state index contributed by atoms with van der Waals surface area (Å²) in [6.07, 6.45) is 0. The lowest BCUT2D eigenvalue weighted by Gasteiger charge is -2.36. The number of carbonyl (C=O) groups is 2. The van der Waals surface area contributed by atoms with Gasteiger partial charge in [-0.15, -0.1) is 0 Å². The number of benzene rings is 3. The van der Waals surface area contributed by atoms with Crippen LogP contribution in [0, 0.1) is 3.57 Å². The molecule has 0 amide bonds. The summed E-state index contributed by atoms with van der Waals surface area (Å²) in [5, 5.41) is -0.0836. The number of hydrogen-bond acceptors (Lipinski definition) is 13. The normalized spacial score (nSPS) is 11.3. The molecule has 3 aromatic rings. The molecule has 0 aromatic heterocycles. The summed E-state index contributed by atoms with van der Waals surface area (Å²) in [5.74, 6) is -0.149. The minimum absolute atomic E-state index is 0.00689. The lowest BCUT2D eigenvalue weighted by atomic mass is 10.1. The molecular formula is C35H45IO13Si. The van der Waals surface area contributed by atoms with Gasteiger partial charge in [0, 0.05) is 6.07 Å². The highest BCUT2D eigenvalue weighted by atomic mass is 127. The number of esters is 2. The molecule has 0 aliphatic rings. The fourth-order valence-electron chi connectivity index (χ4n) is 4.57. The van der Waals surface area contributed by atoms with Crippen LogP contribution in [0.3, 0.4) is 0 Å². The van der Waals surface area contributed by atoms with Crippen LogP contribution >= 0.6 is 22.6 Å².